The van der Waals surface area contributed by atoms with Gasteiger partial charge in [-0.15, -0.1) is 0 Å². The summed E-state index contributed by atoms with van der Waals surface area (Å²) in [4.78, 5) is 4.12. The van der Waals surface area contributed by atoms with E-state index in [0.29, 0.717) is 12.0 Å². The molecule has 7 heteroatoms. The molecule has 0 bridgehead atoms. The number of hydrogen-bond acceptors (Lipinski definition) is 2. The summed E-state index contributed by atoms with van der Waals surface area (Å²) in [5, 5.41) is 3.10. The number of rotatable bonds is 3. The van der Waals surface area contributed by atoms with E-state index < -0.39 is 11.7 Å². The lowest BCUT2D eigenvalue weighted by Crippen LogP contribution is -2.07. The number of anilines is 2. The topological polar surface area (TPSA) is 29.9 Å². The van der Waals surface area contributed by atoms with Gasteiger partial charge in [0.05, 0.1) is 16.3 Å². The van der Waals surface area contributed by atoms with Crippen molar-refractivity contribution in [2.24, 2.45) is 0 Å². The molecule has 0 saturated heterocycles. The molecule has 20 heavy (non-hydrogen) atoms. The number of aromatic nitrogens is 2. The van der Waals surface area contributed by atoms with E-state index in [-0.39, 0.29) is 10.7 Å². The van der Waals surface area contributed by atoms with Gasteiger partial charge >= 0.3 is 6.18 Å². The maximum atomic E-state index is 12.7. The van der Waals surface area contributed by atoms with Crippen LogP contribution in [0.4, 0.5) is 24.8 Å². The van der Waals surface area contributed by atoms with Crippen LogP contribution >= 0.6 is 11.6 Å². The minimum absolute atomic E-state index is 0.203. The average molecular weight is 302 g/mol. The first-order valence-electron chi connectivity index (χ1n) is 6.12. The number of nitrogens with one attached hydrogen (secondary N) is 1. The summed E-state index contributed by atoms with van der Waals surface area (Å²) < 4.78 is 40.0. The Balaban J connectivity index is 1.91. The maximum absolute atomic E-state index is 12.7. The summed E-state index contributed by atoms with van der Waals surface area (Å²) >= 11 is 5.94. The summed E-state index contributed by atoms with van der Waals surface area (Å²) in [5.41, 5.74) is -0.538. The second-order valence-electron chi connectivity index (χ2n) is 4.71. The van der Waals surface area contributed by atoms with Crippen molar-refractivity contribution < 1.29 is 13.2 Å². The Morgan fingerprint density at radius 3 is 2.70 bits per heavy atom. The third kappa shape index (κ3) is 2.60. The SMILES string of the molecule is FC(F)(F)c1ccc(Cl)c(Nc2nccn2C2CC2)c1. The van der Waals surface area contributed by atoms with E-state index in [0.717, 1.165) is 25.0 Å². The Kier molecular flexibility index (Phi) is 3.12. The monoisotopic (exact) mass is 301 g/mol. The highest BCUT2D eigenvalue weighted by atomic mass is 35.5. The molecule has 1 aliphatic carbocycles. The molecule has 1 aromatic heterocycles. The molecule has 3 nitrogen and oxygen atoms in total. The number of halogens is 4. The van der Waals surface area contributed by atoms with Gasteiger partial charge in [-0.25, -0.2) is 4.98 Å². The van der Waals surface area contributed by atoms with Crippen LogP contribution in [0.1, 0.15) is 24.4 Å². The van der Waals surface area contributed by atoms with Gasteiger partial charge in [0.15, 0.2) is 0 Å². The number of nitrogens with zero attached hydrogens (tertiary/aromatic N) is 2. The fraction of sp³-hybridized carbons (Fsp3) is 0.308. The van der Waals surface area contributed by atoms with Gasteiger partial charge in [-0.05, 0) is 31.0 Å². The highest BCUT2D eigenvalue weighted by Crippen LogP contribution is 2.39. The lowest BCUT2D eigenvalue weighted by atomic mass is 10.2. The van der Waals surface area contributed by atoms with Crippen LogP contribution in [0.3, 0.4) is 0 Å². The predicted octanol–water partition coefficient (Wildman–Crippen LogP) is 4.63. The number of imidazole rings is 1. The van der Waals surface area contributed by atoms with Crippen molar-refractivity contribution in [1.29, 1.82) is 0 Å². The third-order valence-electron chi connectivity index (χ3n) is 3.15. The van der Waals surface area contributed by atoms with E-state index in [1.807, 2.05) is 10.8 Å². The van der Waals surface area contributed by atoms with Crippen LogP contribution in [0.15, 0.2) is 30.6 Å². The Morgan fingerprint density at radius 2 is 2.05 bits per heavy atom. The summed E-state index contributed by atoms with van der Waals surface area (Å²) in [6.45, 7) is 0. The third-order valence-corrected chi connectivity index (χ3v) is 3.48. The minimum atomic E-state index is -4.40. The van der Waals surface area contributed by atoms with Crippen molar-refractivity contribution in [2.45, 2.75) is 25.1 Å². The fourth-order valence-corrected chi connectivity index (χ4v) is 2.14. The highest BCUT2D eigenvalue weighted by molar-refractivity contribution is 6.33. The molecule has 0 radical (unpaired) electrons. The molecule has 1 heterocycles. The molecule has 1 fully saturated rings. The van der Waals surface area contributed by atoms with Crippen molar-refractivity contribution >= 4 is 23.2 Å². The van der Waals surface area contributed by atoms with E-state index in [9.17, 15) is 13.2 Å². The Labute approximate surface area is 118 Å². The average Bonchev–Trinajstić information content (AvgIpc) is 3.11. The maximum Gasteiger partial charge on any atom is 0.416 e. The fourth-order valence-electron chi connectivity index (χ4n) is 1.98. The van der Waals surface area contributed by atoms with Crippen LogP contribution in [0.5, 0.6) is 0 Å². The molecule has 2 aromatic rings. The molecule has 1 saturated carbocycles. The zero-order valence-corrected chi connectivity index (χ0v) is 11.0. The minimum Gasteiger partial charge on any atom is -0.324 e. The first-order valence-corrected chi connectivity index (χ1v) is 6.49. The van der Waals surface area contributed by atoms with Gasteiger partial charge in [0, 0.05) is 18.4 Å². The number of hydrogen-bond donors (Lipinski definition) is 1. The van der Waals surface area contributed by atoms with Gasteiger partial charge in [-0.2, -0.15) is 13.2 Å². The standard InChI is InChI=1S/C13H11ClF3N3/c14-10-4-1-8(13(15,16)17)7-11(10)19-12-18-5-6-20(12)9-2-3-9/h1,4-7,9H,2-3H2,(H,18,19). The molecule has 0 atom stereocenters. The molecule has 0 aliphatic heterocycles. The van der Waals surface area contributed by atoms with E-state index in [1.165, 1.54) is 6.07 Å². The van der Waals surface area contributed by atoms with Crippen molar-refractivity contribution in [2.75, 3.05) is 5.32 Å². The first-order chi connectivity index (χ1) is 9.45. The smallest absolute Gasteiger partial charge is 0.324 e. The van der Waals surface area contributed by atoms with Gasteiger partial charge in [-0.3, -0.25) is 0 Å². The van der Waals surface area contributed by atoms with Crippen LogP contribution in [-0.2, 0) is 6.18 Å². The Hall–Kier alpha value is -1.69. The van der Waals surface area contributed by atoms with Crippen LogP contribution in [0.25, 0.3) is 0 Å². The van der Waals surface area contributed by atoms with Crippen LogP contribution in [-0.4, -0.2) is 9.55 Å². The van der Waals surface area contributed by atoms with Crippen molar-refractivity contribution in [3.8, 4) is 0 Å². The van der Waals surface area contributed by atoms with Crippen molar-refractivity contribution in [1.82, 2.24) is 9.55 Å². The van der Waals surface area contributed by atoms with E-state index in [2.05, 4.69) is 10.3 Å². The molecule has 3 rings (SSSR count). The van der Waals surface area contributed by atoms with Gasteiger partial charge in [0.2, 0.25) is 5.95 Å². The van der Waals surface area contributed by atoms with Gasteiger partial charge in [-0.1, -0.05) is 11.6 Å². The number of benzene rings is 1. The molecule has 0 amide bonds. The van der Waals surface area contributed by atoms with Gasteiger partial charge in [0.1, 0.15) is 0 Å². The van der Waals surface area contributed by atoms with Crippen LogP contribution in [0, 0.1) is 0 Å². The van der Waals surface area contributed by atoms with Crippen molar-refractivity contribution in [3.63, 3.8) is 0 Å². The zero-order chi connectivity index (χ0) is 14.3. The Morgan fingerprint density at radius 1 is 1.30 bits per heavy atom. The second-order valence-corrected chi connectivity index (χ2v) is 5.11. The molecular weight excluding hydrogens is 291 g/mol. The van der Waals surface area contributed by atoms with E-state index in [4.69, 9.17) is 11.6 Å². The molecule has 106 valence electrons. The molecular formula is C13H11ClF3N3. The van der Waals surface area contributed by atoms with Crippen LogP contribution < -0.4 is 5.32 Å². The highest BCUT2D eigenvalue weighted by Gasteiger charge is 2.31. The summed E-state index contributed by atoms with van der Waals surface area (Å²) in [6, 6.07) is 3.57. The molecule has 0 unspecified atom stereocenters. The number of alkyl halides is 3. The molecule has 1 aliphatic rings. The second kappa shape index (κ2) is 4.70. The van der Waals surface area contributed by atoms with E-state index in [1.54, 1.807) is 6.20 Å². The lowest BCUT2D eigenvalue weighted by molar-refractivity contribution is -0.137. The normalized spacial score (nSPS) is 15.4. The summed E-state index contributed by atoms with van der Waals surface area (Å²) in [6.07, 6.45) is 1.14. The first kappa shape index (κ1) is 13.3. The summed E-state index contributed by atoms with van der Waals surface area (Å²) in [5.74, 6) is 0.508. The molecule has 0 spiro atoms. The molecule has 1 aromatic carbocycles. The van der Waals surface area contributed by atoms with Gasteiger partial charge < -0.3 is 9.88 Å². The van der Waals surface area contributed by atoms with E-state index >= 15 is 0 Å². The summed E-state index contributed by atoms with van der Waals surface area (Å²) in [7, 11) is 0. The quantitative estimate of drug-likeness (QED) is 0.895. The van der Waals surface area contributed by atoms with Crippen LogP contribution in [0.2, 0.25) is 5.02 Å². The largest absolute Gasteiger partial charge is 0.416 e. The zero-order valence-electron chi connectivity index (χ0n) is 10.3. The predicted molar refractivity (Wildman–Crippen MR) is 70.2 cm³/mol. The van der Waals surface area contributed by atoms with Gasteiger partial charge in [0.25, 0.3) is 0 Å². The Bertz CT molecular complexity index is 632. The lowest BCUT2D eigenvalue weighted by Gasteiger charge is -2.13. The van der Waals surface area contributed by atoms with Crippen molar-refractivity contribution in [3.05, 3.63) is 41.2 Å². The molecule has 1 N–H and O–H groups in total.